The standard InChI is InChI=1S/C47H72O2/c1-32(2)14-11-17-36(6)41-23-24-42-39-21-20-37-31-38(25-28-46(37,9)43(39)26-29-47(41,42)10)49-44(48)30-34(4)16-12-15-33(3)19-22-40-35(5)18-13-27-45(40,7)8/h12,15-16,19-20,22,30,32,36,38-39,41-43H,11,13-14,17-18,21,23-29,31H2,1-10H3/b16-12?,22-19+,33-15?,34-30?/t36-,38-,39+,41-,42+,43+,46+,47-/m1/s1. The monoisotopic (exact) mass is 669 g/mol. The van der Waals surface area contributed by atoms with Crippen LogP contribution in [0.1, 0.15) is 159 Å². The second-order valence-electron chi connectivity index (χ2n) is 19.0. The lowest BCUT2D eigenvalue weighted by Crippen LogP contribution is -2.51. The van der Waals surface area contributed by atoms with Crippen LogP contribution in [0.3, 0.4) is 0 Å². The van der Waals surface area contributed by atoms with Crippen LogP contribution in [0.15, 0.2) is 70.4 Å². The summed E-state index contributed by atoms with van der Waals surface area (Å²) in [6.07, 6.45) is 33.0. The summed E-state index contributed by atoms with van der Waals surface area (Å²) in [7, 11) is 0. The van der Waals surface area contributed by atoms with Crippen molar-refractivity contribution in [2.24, 2.45) is 51.8 Å². The first kappa shape index (κ1) is 38.1. The molecule has 5 rings (SSSR count). The van der Waals surface area contributed by atoms with Crippen LogP contribution in [0.5, 0.6) is 0 Å². The van der Waals surface area contributed by atoms with E-state index in [1.165, 1.54) is 87.3 Å². The molecule has 0 heterocycles. The molecule has 49 heavy (non-hydrogen) atoms. The van der Waals surface area contributed by atoms with Crippen LogP contribution >= 0.6 is 0 Å². The summed E-state index contributed by atoms with van der Waals surface area (Å²) < 4.78 is 6.11. The van der Waals surface area contributed by atoms with Crippen LogP contribution in [0.2, 0.25) is 0 Å². The zero-order chi connectivity index (χ0) is 35.6. The first-order valence-corrected chi connectivity index (χ1v) is 20.5. The minimum absolute atomic E-state index is 0.00175. The predicted octanol–water partition coefficient (Wildman–Crippen LogP) is 13.5. The van der Waals surface area contributed by atoms with Crippen molar-refractivity contribution in [2.75, 3.05) is 0 Å². The van der Waals surface area contributed by atoms with E-state index >= 15 is 0 Å². The SMILES string of the molecule is CC(C=CC=C(C)/C=C/C1=C(C)CCCC1(C)C)=CC(=O)O[C@@H]1CC[C@@]2(C)C(=CC[C@H]3[C@@H]4CC[C@H]([C@H](C)CCCC(C)C)[C@@]4(C)CC[C@@H]32)C1. The number of ether oxygens (including phenoxy) is 1. The van der Waals surface area contributed by atoms with Crippen molar-refractivity contribution in [3.8, 4) is 0 Å². The van der Waals surface area contributed by atoms with E-state index in [9.17, 15) is 4.79 Å². The quantitative estimate of drug-likeness (QED) is 0.0948. The van der Waals surface area contributed by atoms with Crippen LogP contribution in [-0.2, 0) is 9.53 Å². The van der Waals surface area contributed by atoms with E-state index in [1.807, 2.05) is 13.0 Å². The lowest BCUT2D eigenvalue weighted by molar-refractivity contribution is -0.145. The summed E-state index contributed by atoms with van der Waals surface area (Å²) in [5.41, 5.74) is 7.81. The van der Waals surface area contributed by atoms with Crippen LogP contribution in [0.25, 0.3) is 0 Å². The van der Waals surface area contributed by atoms with Gasteiger partial charge in [0.15, 0.2) is 0 Å². The van der Waals surface area contributed by atoms with Gasteiger partial charge in [-0.25, -0.2) is 4.79 Å². The Morgan fingerprint density at radius 2 is 1.71 bits per heavy atom. The Balaban J connectivity index is 1.14. The molecular formula is C47H72O2. The highest BCUT2D eigenvalue weighted by molar-refractivity contribution is 5.83. The minimum Gasteiger partial charge on any atom is -0.459 e. The molecule has 0 aromatic heterocycles. The fourth-order valence-electron chi connectivity index (χ4n) is 11.8. The molecule has 0 amide bonds. The largest absolute Gasteiger partial charge is 0.459 e. The van der Waals surface area contributed by atoms with Crippen LogP contribution in [-0.4, -0.2) is 12.1 Å². The van der Waals surface area contributed by atoms with Crippen LogP contribution in [0.4, 0.5) is 0 Å². The average molecular weight is 669 g/mol. The van der Waals surface area contributed by atoms with E-state index in [4.69, 9.17) is 4.74 Å². The molecule has 0 bridgehead atoms. The van der Waals surface area contributed by atoms with Crippen molar-refractivity contribution in [1.82, 2.24) is 0 Å². The summed E-state index contributed by atoms with van der Waals surface area (Å²) in [5.74, 6) is 4.92. The van der Waals surface area contributed by atoms with Gasteiger partial charge in [-0.05, 0) is 148 Å². The molecule has 0 saturated heterocycles. The lowest BCUT2D eigenvalue weighted by Gasteiger charge is -2.58. The van der Waals surface area contributed by atoms with Crippen molar-refractivity contribution in [2.45, 2.75) is 165 Å². The maximum absolute atomic E-state index is 13.0. The van der Waals surface area contributed by atoms with Gasteiger partial charge in [0.1, 0.15) is 6.10 Å². The third-order valence-corrected chi connectivity index (χ3v) is 14.7. The third-order valence-electron chi connectivity index (χ3n) is 14.7. The van der Waals surface area contributed by atoms with Crippen molar-refractivity contribution in [3.63, 3.8) is 0 Å². The molecule has 0 aromatic rings. The number of carbonyl (C=O) groups is 1. The topological polar surface area (TPSA) is 26.3 Å². The maximum Gasteiger partial charge on any atom is 0.331 e. The van der Waals surface area contributed by atoms with Crippen molar-refractivity contribution < 1.29 is 9.53 Å². The summed E-state index contributed by atoms with van der Waals surface area (Å²) in [6, 6.07) is 0. The molecule has 5 aliphatic carbocycles. The molecule has 272 valence electrons. The first-order valence-electron chi connectivity index (χ1n) is 20.5. The first-order chi connectivity index (χ1) is 23.1. The Morgan fingerprint density at radius 1 is 0.939 bits per heavy atom. The van der Waals surface area contributed by atoms with Crippen molar-refractivity contribution >= 4 is 5.97 Å². The average Bonchev–Trinajstić information content (AvgIpc) is 3.37. The molecule has 0 radical (unpaired) electrons. The fourth-order valence-corrected chi connectivity index (χ4v) is 11.8. The summed E-state index contributed by atoms with van der Waals surface area (Å²) >= 11 is 0. The van der Waals surface area contributed by atoms with Gasteiger partial charge in [0, 0.05) is 12.5 Å². The highest BCUT2D eigenvalue weighted by atomic mass is 16.5. The highest BCUT2D eigenvalue weighted by Gasteiger charge is 2.59. The minimum atomic E-state index is -0.194. The number of rotatable bonds is 11. The molecule has 0 spiro atoms. The Kier molecular flexibility index (Phi) is 12.2. The van der Waals surface area contributed by atoms with E-state index in [-0.39, 0.29) is 22.9 Å². The van der Waals surface area contributed by atoms with Gasteiger partial charge >= 0.3 is 5.97 Å². The molecule has 0 unspecified atom stereocenters. The molecular weight excluding hydrogens is 597 g/mol. The second kappa shape index (κ2) is 15.7. The highest BCUT2D eigenvalue weighted by Crippen LogP contribution is 2.67. The van der Waals surface area contributed by atoms with Gasteiger partial charge in [0.25, 0.3) is 0 Å². The molecule has 0 N–H and O–H groups in total. The lowest BCUT2D eigenvalue weighted by atomic mass is 9.47. The zero-order valence-corrected chi connectivity index (χ0v) is 33.3. The molecule has 5 aliphatic rings. The fraction of sp³-hybridized carbons (Fsp3) is 0.723. The van der Waals surface area contributed by atoms with E-state index < -0.39 is 0 Å². The van der Waals surface area contributed by atoms with E-state index in [2.05, 4.69) is 92.7 Å². The normalized spacial score (nSPS) is 35.7. The van der Waals surface area contributed by atoms with Gasteiger partial charge in [-0.3, -0.25) is 0 Å². The molecule has 2 nitrogen and oxygen atoms in total. The third kappa shape index (κ3) is 8.52. The summed E-state index contributed by atoms with van der Waals surface area (Å²) in [4.78, 5) is 13.0. The van der Waals surface area contributed by atoms with Gasteiger partial charge in [-0.15, -0.1) is 0 Å². The Bertz CT molecular complexity index is 1380. The molecule has 0 aliphatic heterocycles. The Labute approximate surface area is 302 Å². The van der Waals surface area contributed by atoms with Crippen molar-refractivity contribution in [3.05, 3.63) is 70.4 Å². The Morgan fingerprint density at radius 3 is 2.45 bits per heavy atom. The number of esters is 1. The summed E-state index contributed by atoms with van der Waals surface area (Å²) in [6.45, 7) is 23.7. The van der Waals surface area contributed by atoms with E-state index in [0.717, 1.165) is 60.3 Å². The molecule has 3 fully saturated rings. The number of fused-ring (bicyclic) bond motifs is 5. The van der Waals surface area contributed by atoms with Crippen LogP contribution < -0.4 is 0 Å². The number of hydrogen-bond donors (Lipinski definition) is 0. The van der Waals surface area contributed by atoms with Gasteiger partial charge in [0.2, 0.25) is 0 Å². The van der Waals surface area contributed by atoms with E-state index in [1.54, 1.807) is 11.6 Å². The Hall–Kier alpha value is -2.09. The number of allylic oxidation sites excluding steroid dienone is 10. The van der Waals surface area contributed by atoms with Gasteiger partial charge in [-0.1, -0.05) is 121 Å². The second-order valence-corrected chi connectivity index (χ2v) is 19.0. The molecule has 2 heteroatoms. The molecule has 0 aromatic carbocycles. The van der Waals surface area contributed by atoms with Gasteiger partial charge < -0.3 is 4.74 Å². The maximum atomic E-state index is 13.0. The van der Waals surface area contributed by atoms with Gasteiger partial charge in [0.05, 0.1) is 0 Å². The summed E-state index contributed by atoms with van der Waals surface area (Å²) in [5, 5.41) is 0. The smallest absolute Gasteiger partial charge is 0.331 e. The van der Waals surface area contributed by atoms with Crippen LogP contribution in [0, 0.1) is 51.8 Å². The number of hydrogen-bond acceptors (Lipinski definition) is 2. The predicted molar refractivity (Wildman–Crippen MR) is 209 cm³/mol. The van der Waals surface area contributed by atoms with Crippen molar-refractivity contribution in [1.29, 1.82) is 0 Å². The number of carbonyl (C=O) groups excluding carboxylic acids is 1. The molecule has 8 atom stereocenters. The van der Waals surface area contributed by atoms with Gasteiger partial charge in [-0.2, -0.15) is 0 Å². The molecule has 3 saturated carbocycles. The van der Waals surface area contributed by atoms with E-state index in [0.29, 0.717) is 5.41 Å². The zero-order valence-electron chi connectivity index (χ0n) is 33.3.